The van der Waals surface area contributed by atoms with Gasteiger partial charge in [-0.05, 0) is 36.8 Å². The highest BCUT2D eigenvalue weighted by atomic mass is 79.9. The lowest BCUT2D eigenvalue weighted by Gasteiger charge is -2.13. The second-order valence-electron chi connectivity index (χ2n) is 5.32. The molecule has 0 saturated heterocycles. The Labute approximate surface area is 153 Å². The van der Waals surface area contributed by atoms with Crippen molar-refractivity contribution in [3.05, 3.63) is 62.1 Å². The van der Waals surface area contributed by atoms with Crippen LogP contribution in [-0.2, 0) is 4.74 Å². The Balaban J connectivity index is 2.31. The average molecular weight is 408 g/mol. The van der Waals surface area contributed by atoms with E-state index in [0.717, 1.165) is 10.0 Å². The molecular weight excluding hydrogens is 390 g/mol. The Morgan fingerprint density at radius 1 is 1.24 bits per heavy atom. The first-order valence-corrected chi connectivity index (χ1v) is 8.30. The average Bonchev–Trinajstić information content (AvgIpc) is 2.57. The van der Waals surface area contributed by atoms with E-state index >= 15 is 0 Å². The molecule has 0 unspecified atom stereocenters. The van der Waals surface area contributed by atoms with Crippen LogP contribution < -0.4 is 10.6 Å². The maximum Gasteiger partial charge on any atom is 0.270 e. The van der Waals surface area contributed by atoms with Crippen molar-refractivity contribution in [3.63, 3.8) is 0 Å². The van der Waals surface area contributed by atoms with Crippen LogP contribution in [0.1, 0.15) is 15.9 Å². The van der Waals surface area contributed by atoms with Crippen molar-refractivity contribution < 1.29 is 14.5 Å². The molecule has 132 valence electrons. The largest absolute Gasteiger partial charge is 0.383 e. The Kier molecular flexibility index (Phi) is 6.49. The Bertz CT molecular complexity index is 795. The maximum atomic E-state index is 12.7. The number of methoxy groups -OCH3 is 1. The van der Waals surface area contributed by atoms with Gasteiger partial charge in [-0.1, -0.05) is 15.9 Å². The van der Waals surface area contributed by atoms with E-state index in [1.165, 1.54) is 18.2 Å². The van der Waals surface area contributed by atoms with Gasteiger partial charge >= 0.3 is 0 Å². The Hall–Kier alpha value is -2.45. The standard InChI is InChI=1S/C17H18BrN3O4/c1-11-9-12(18)3-5-15(11)20-17(22)14-10-13(21(23)24)4-6-16(14)19-7-8-25-2/h3-6,9-10,19H,7-8H2,1-2H3,(H,20,22). The predicted octanol–water partition coefficient (Wildman–Crippen LogP) is 3.98. The molecule has 0 aromatic heterocycles. The highest BCUT2D eigenvalue weighted by molar-refractivity contribution is 9.10. The molecule has 2 N–H and O–H groups in total. The number of hydrogen-bond acceptors (Lipinski definition) is 5. The summed E-state index contributed by atoms with van der Waals surface area (Å²) >= 11 is 3.37. The van der Waals surface area contributed by atoms with Gasteiger partial charge in [-0.2, -0.15) is 0 Å². The first-order valence-electron chi connectivity index (χ1n) is 7.51. The summed E-state index contributed by atoms with van der Waals surface area (Å²) in [5.41, 5.74) is 2.09. The third kappa shape index (κ3) is 5.01. The summed E-state index contributed by atoms with van der Waals surface area (Å²) in [7, 11) is 1.57. The minimum Gasteiger partial charge on any atom is -0.383 e. The van der Waals surface area contributed by atoms with E-state index in [9.17, 15) is 14.9 Å². The molecule has 0 heterocycles. The summed E-state index contributed by atoms with van der Waals surface area (Å²) in [5.74, 6) is -0.422. The minimum atomic E-state index is -0.527. The Morgan fingerprint density at radius 3 is 2.60 bits per heavy atom. The number of amides is 1. The van der Waals surface area contributed by atoms with Crippen molar-refractivity contribution in [1.82, 2.24) is 0 Å². The fraction of sp³-hybridized carbons (Fsp3) is 0.235. The van der Waals surface area contributed by atoms with Gasteiger partial charge in [0.25, 0.3) is 11.6 Å². The van der Waals surface area contributed by atoms with Crippen LogP contribution in [-0.4, -0.2) is 31.1 Å². The van der Waals surface area contributed by atoms with Gasteiger partial charge in [-0.3, -0.25) is 14.9 Å². The number of rotatable bonds is 7. The van der Waals surface area contributed by atoms with Gasteiger partial charge < -0.3 is 15.4 Å². The second kappa shape index (κ2) is 8.59. The van der Waals surface area contributed by atoms with Gasteiger partial charge in [0.1, 0.15) is 0 Å². The van der Waals surface area contributed by atoms with Crippen LogP contribution in [0.4, 0.5) is 17.1 Å². The van der Waals surface area contributed by atoms with Crippen molar-refractivity contribution in [3.8, 4) is 0 Å². The van der Waals surface area contributed by atoms with Crippen molar-refractivity contribution in [2.45, 2.75) is 6.92 Å². The molecule has 0 atom stereocenters. The fourth-order valence-corrected chi connectivity index (χ4v) is 2.71. The summed E-state index contributed by atoms with van der Waals surface area (Å²) in [5, 5.41) is 16.9. The molecule has 0 aliphatic heterocycles. The van der Waals surface area contributed by atoms with Crippen LogP contribution in [0.3, 0.4) is 0 Å². The summed E-state index contributed by atoms with van der Waals surface area (Å²) in [4.78, 5) is 23.2. The number of benzene rings is 2. The third-order valence-corrected chi connectivity index (χ3v) is 4.01. The number of nitrogens with zero attached hydrogens (tertiary/aromatic N) is 1. The molecule has 0 spiro atoms. The fourth-order valence-electron chi connectivity index (χ4n) is 2.23. The molecule has 1 amide bonds. The number of carbonyl (C=O) groups excluding carboxylic acids is 1. The molecular formula is C17H18BrN3O4. The third-order valence-electron chi connectivity index (χ3n) is 3.52. The SMILES string of the molecule is COCCNc1ccc([N+](=O)[O-])cc1C(=O)Nc1ccc(Br)cc1C. The lowest BCUT2D eigenvalue weighted by molar-refractivity contribution is -0.384. The van der Waals surface area contributed by atoms with Crippen LogP contribution >= 0.6 is 15.9 Å². The quantitative estimate of drug-likeness (QED) is 0.411. The number of non-ortho nitro benzene ring substituents is 1. The van der Waals surface area contributed by atoms with E-state index in [1.807, 2.05) is 19.1 Å². The molecule has 2 rings (SSSR count). The van der Waals surface area contributed by atoms with Gasteiger partial charge in [0.05, 0.1) is 17.1 Å². The number of anilines is 2. The van der Waals surface area contributed by atoms with E-state index in [1.54, 1.807) is 13.2 Å². The highest BCUT2D eigenvalue weighted by Crippen LogP contribution is 2.25. The first kappa shape index (κ1) is 18.9. The molecule has 0 radical (unpaired) electrons. The minimum absolute atomic E-state index is 0.144. The van der Waals surface area contributed by atoms with Gasteiger partial charge in [0, 0.05) is 41.6 Å². The number of nitrogens with one attached hydrogen (secondary N) is 2. The normalized spacial score (nSPS) is 10.4. The van der Waals surface area contributed by atoms with E-state index in [2.05, 4.69) is 26.6 Å². The lowest BCUT2D eigenvalue weighted by Crippen LogP contribution is -2.17. The van der Waals surface area contributed by atoms with Crippen LogP contribution in [0, 0.1) is 17.0 Å². The van der Waals surface area contributed by atoms with E-state index in [4.69, 9.17) is 4.74 Å². The van der Waals surface area contributed by atoms with Gasteiger partial charge in [-0.25, -0.2) is 0 Å². The number of nitro groups is 1. The topological polar surface area (TPSA) is 93.5 Å². The molecule has 0 aliphatic carbocycles. The zero-order valence-corrected chi connectivity index (χ0v) is 15.4. The molecule has 7 nitrogen and oxygen atoms in total. The molecule has 8 heteroatoms. The number of carbonyl (C=O) groups is 1. The van der Waals surface area contributed by atoms with E-state index in [0.29, 0.717) is 24.5 Å². The van der Waals surface area contributed by atoms with Crippen molar-refractivity contribution >= 4 is 38.9 Å². The molecule has 0 bridgehead atoms. The molecule has 2 aromatic rings. The van der Waals surface area contributed by atoms with Crippen LogP contribution in [0.25, 0.3) is 0 Å². The van der Waals surface area contributed by atoms with Crippen molar-refractivity contribution in [1.29, 1.82) is 0 Å². The van der Waals surface area contributed by atoms with Crippen LogP contribution in [0.15, 0.2) is 40.9 Å². The van der Waals surface area contributed by atoms with Gasteiger partial charge in [-0.15, -0.1) is 0 Å². The number of halogens is 1. The summed E-state index contributed by atoms with van der Waals surface area (Å²) in [6, 6.07) is 9.61. The van der Waals surface area contributed by atoms with Gasteiger partial charge in [0.15, 0.2) is 0 Å². The lowest BCUT2D eigenvalue weighted by atomic mass is 10.1. The summed E-state index contributed by atoms with van der Waals surface area (Å²) < 4.78 is 5.88. The zero-order valence-electron chi connectivity index (χ0n) is 13.8. The molecule has 0 fully saturated rings. The van der Waals surface area contributed by atoms with E-state index in [-0.39, 0.29) is 11.3 Å². The monoisotopic (exact) mass is 407 g/mol. The number of aryl methyl sites for hydroxylation is 1. The van der Waals surface area contributed by atoms with Crippen molar-refractivity contribution in [2.24, 2.45) is 0 Å². The predicted molar refractivity (Wildman–Crippen MR) is 100 cm³/mol. The number of nitro benzene ring substituents is 1. The molecule has 0 saturated carbocycles. The van der Waals surface area contributed by atoms with Crippen LogP contribution in [0.2, 0.25) is 0 Å². The van der Waals surface area contributed by atoms with Crippen molar-refractivity contribution in [2.75, 3.05) is 30.9 Å². The molecule has 25 heavy (non-hydrogen) atoms. The smallest absolute Gasteiger partial charge is 0.270 e. The van der Waals surface area contributed by atoms with E-state index < -0.39 is 10.8 Å². The molecule has 2 aromatic carbocycles. The Morgan fingerprint density at radius 2 is 1.96 bits per heavy atom. The zero-order chi connectivity index (χ0) is 18.4. The summed E-state index contributed by atoms with van der Waals surface area (Å²) in [6.07, 6.45) is 0. The first-order chi connectivity index (χ1) is 11.9. The second-order valence-corrected chi connectivity index (χ2v) is 6.24. The highest BCUT2D eigenvalue weighted by Gasteiger charge is 2.17. The maximum absolute atomic E-state index is 12.7. The number of hydrogen-bond donors (Lipinski definition) is 2. The van der Waals surface area contributed by atoms with Gasteiger partial charge in [0.2, 0.25) is 0 Å². The number of ether oxygens (including phenoxy) is 1. The van der Waals surface area contributed by atoms with Crippen LogP contribution in [0.5, 0.6) is 0 Å². The summed E-state index contributed by atoms with van der Waals surface area (Å²) in [6.45, 7) is 2.79. The molecule has 0 aliphatic rings.